The van der Waals surface area contributed by atoms with Crippen molar-refractivity contribution in [2.45, 2.75) is 44.8 Å². The summed E-state index contributed by atoms with van der Waals surface area (Å²) in [5.41, 5.74) is -1.09. The summed E-state index contributed by atoms with van der Waals surface area (Å²) in [5, 5.41) is 12.8. The van der Waals surface area contributed by atoms with Gasteiger partial charge in [0.05, 0.1) is 12.2 Å². The second kappa shape index (κ2) is 7.57. The Morgan fingerprint density at radius 2 is 2.29 bits per heavy atom. The Bertz CT molecular complexity index is 642. The molecule has 0 saturated heterocycles. The molecule has 0 unspecified atom stereocenters. The molecule has 0 aliphatic heterocycles. The highest BCUT2D eigenvalue weighted by molar-refractivity contribution is 9.10. The maximum atomic E-state index is 13.5. The van der Waals surface area contributed by atoms with E-state index < -0.39 is 23.6 Å². The van der Waals surface area contributed by atoms with E-state index in [1.165, 1.54) is 12.3 Å². The van der Waals surface area contributed by atoms with Gasteiger partial charge in [0, 0.05) is 33.9 Å². The highest BCUT2D eigenvalue weighted by Crippen LogP contribution is 2.36. The van der Waals surface area contributed by atoms with Crippen molar-refractivity contribution in [2.75, 3.05) is 11.9 Å². The lowest BCUT2D eigenvalue weighted by Gasteiger charge is -2.41. The Balaban J connectivity index is 2.32. The van der Waals surface area contributed by atoms with E-state index in [-0.39, 0.29) is 24.0 Å². The molecule has 1 aromatic heterocycles. The van der Waals surface area contributed by atoms with Gasteiger partial charge in [-0.3, -0.25) is 0 Å². The molecule has 0 bridgehead atoms. The molecule has 0 atom stereocenters. The lowest BCUT2D eigenvalue weighted by molar-refractivity contribution is -0.137. The smallest absolute Gasteiger partial charge is 0.331 e. The zero-order valence-corrected chi connectivity index (χ0v) is 14.9. The van der Waals surface area contributed by atoms with Gasteiger partial charge < -0.3 is 15.2 Å². The van der Waals surface area contributed by atoms with Crippen molar-refractivity contribution in [1.29, 1.82) is 0 Å². The summed E-state index contributed by atoms with van der Waals surface area (Å²) in [6.07, 6.45) is 0.400. The number of allylic oxidation sites excluding steroid dienone is 1. The summed E-state index contributed by atoms with van der Waals surface area (Å²) in [4.78, 5) is 15.7. The van der Waals surface area contributed by atoms with Crippen LogP contribution in [0.25, 0.3) is 5.57 Å². The zero-order chi connectivity index (χ0) is 17.9. The predicted octanol–water partition coefficient (Wildman–Crippen LogP) is 3.38. The van der Waals surface area contributed by atoms with Gasteiger partial charge in [-0.25, -0.2) is 18.6 Å². The fourth-order valence-electron chi connectivity index (χ4n) is 2.64. The predicted molar refractivity (Wildman–Crippen MR) is 89.8 cm³/mol. The first kappa shape index (κ1) is 18.8. The van der Waals surface area contributed by atoms with Crippen LogP contribution in [0.4, 0.5) is 14.6 Å². The summed E-state index contributed by atoms with van der Waals surface area (Å²) in [6, 6.07) is 1.41. The van der Waals surface area contributed by atoms with Crippen LogP contribution in [0.5, 0.6) is 0 Å². The summed E-state index contributed by atoms with van der Waals surface area (Å²) in [5.74, 6) is -0.583. The molecule has 1 aliphatic rings. The van der Waals surface area contributed by atoms with E-state index in [4.69, 9.17) is 4.74 Å². The van der Waals surface area contributed by atoms with Crippen LogP contribution < -0.4 is 5.32 Å². The molecule has 24 heavy (non-hydrogen) atoms. The number of pyridine rings is 1. The van der Waals surface area contributed by atoms with Crippen LogP contribution in [-0.2, 0) is 9.53 Å². The molecule has 8 heteroatoms. The summed E-state index contributed by atoms with van der Waals surface area (Å²) >= 11 is 3.21. The number of nitrogens with one attached hydrogen (secondary N) is 1. The standard InChI is InChI=1S/C16H19BrF2N2O3/c1-3-24-13(22)5-11(14(18)19)12-4-9(17)8-20-15(12)21-10-6-16(2,23)7-10/h4-5,8,10,14,23H,3,6-7H2,1-2H3,(H,20,21)/b11-5-. The first-order valence-electron chi connectivity index (χ1n) is 7.53. The van der Waals surface area contributed by atoms with E-state index >= 15 is 0 Å². The molecule has 2 rings (SSSR count). The zero-order valence-electron chi connectivity index (χ0n) is 13.4. The number of nitrogens with zero attached hydrogens (tertiary/aromatic N) is 1. The molecular formula is C16H19BrF2N2O3. The molecule has 132 valence electrons. The lowest BCUT2D eigenvalue weighted by Crippen LogP contribution is -2.48. The number of carbonyl (C=O) groups excluding carboxylic acids is 1. The first-order chi connectivity index (χ1) is 11.2. The molecular weight excluding hydrogens is 386 g/mol. The average molecular weight is 405 g/mol. The lowest BCUT2D eigenvalue weighted by atomic mass is 9.77. The van der Waals surface area contributed by atoms with E-state index in [9.17, 15) is 18.7 Å². The molecule has 0 amide bonds. The molecule has 1 saturated carbocycles. The quantitative estimate of drug-likeness (QED) is 0.561. The number of aromatic nitrogens is 1. The van der Waals surface area contributed by atoms with Gasteiger partial charge in [0.2, 0.25) is 0 Å². The van der Waals surface area contributed by atoms with Crippen LogP contribution in [0.3, 0.4) is 0 Å². The molecule has 1 heterocycles. The van der Waals surface area contributed by atoms with Crippen LogP contribution in [-0.4, -0.2) is 40.7 Å². The van der Waals surface area contributed by atoms with Crippen molar-refractivity contribution in [2.24, 2.45) is 0 Å². The Hall–Kier alpha value is -1.54. The Labute approximate surface area is 147 Å². The third kappa shape index (κ3) is 4.73. The fraction of sp³-hybridized carbons (Fsp3) is 0.500. The molecule has 0 spiro atoms. The van der Waals surface area contributed by atoms with Gasteiger partial charge in [-0.2, -0.15) is 0 Å². The Kier molecular flexibility index (Phi) is 5.92. The molecule has 1 fully saturated rings. The van der Waals surface area contributed by atoms with E-state index in [0.717, 1.165) is 6.08 Å². The minimum absolute atomic E-state index is 0.0612. The molecule has 5 nitrogen and oxygen atoms in total. The van der Waals surface area contributed by atoms with Gasteiger partial charge in [0.15, 0.2) is 0 Å². The van der Waals surface area contributed by atoms with Gasteiger partial charge in [-0.05, 0) is 48.7 Å². The SMILES string of the molecule is CCOC(=O)/C=C(/c1cc(Br)cnc1NC1CC(C)(O)C1)C(F)F. The number of halogens is 3. The third-order valence-electron chi connectivity index (χ3n) is 3.67. The molecule has 2 N–H and O–H groups in total. The molecule has 1 aliphatic carbocycles. The summed E-state index contributed by atoms with van der Waals surface area (Å²) < 4.78 is 32.2. The van der Waals surface area contributed by atoms with Gasteiger partial charge in [0.25, 0.3) is 6.43 Å². The highest BCUT2D eigenvalue weighted by Gasteiger charge is 2.39. The second-order valence-corrected chi connectivity index (χ2v) is 6.86. The van der Waals surface area contributed by atoms with E-state index in [1.54, 1.807) is 13.8 Å². The Morgan fingerprint density at radius 3 is 2.83 bits per heavy atom. The van der Waals surface area contributed by atoms with Crippen molar-refractivity contribution in [3.05, 3.63) is 28.4 Å². The van der Waals surface area contributed by atoms with Gasteiger partial charge in [0.1, 0.15) is 5.82 Å². The van der Waals surface area contributed by atoms with Crippen LogP contribution in [0.2, 0.25) is 0 Å². The number of alkyl halides is 2. The fourth-order valence-corrected chi connectivity index (χ4v) is 2.97. The van der Waals surface area contributed by atoms with Gasteiger partial charge in [-0.15, -0.1) is 0 Å². The summed E-state index contributed by atoms with van der Waals surface area (Å²) in [7, 11) is 0. The number of esters is 1. The van der Waals surface area contributed by atoms with Gasteiger partial charge >= 0.3 is 5.97 Å². The monoisotopic (exact) mass is 404 g/mol. The maximum absolute atomic E-state index is 13.5. The number of anilines is 1. The second-order valence-electron chi connectivity index (χ2n) is 5.95. The minimum Gasteiger partial charge on any atom is -0.463 e. The van der Waals surface area contributed by atoms with Crippen molar-refractivity contribution in [3.63, 3.8) is 0 Å². The van der Waals surface area contributed by atoms with E-state index in [1.807, 2.05) is 0 Å². The number of rotatable bonds is 6. The number of hydrogen-bond donors (Lipinski definition) is 2. The van der Waals surface area contributed by atoms with Crippen molar-refractivity contribution in [3.8, 4) is 0 Å². The van der Waals surface area contributed by atoms with Crippen LogP contribution in [0, 0.1) is 0 Å². The largest absolute Gasteiger partial charge is 0.463 e. The van der Waals surface area contributed by atoms with Crippen molar-refractivity contribution in [1.82, 2.24) is 4.98 Å². The van der Waals surface area contributed by atoms with Crippen molar-refractivity contribution < 1.29 is 23.4 Å². The van der Waals surface area contributed by atoms with E-state index in [2.05, 4.69) is 26.2 Å². The van der Waals surface area contributed by atoms with Crippen molar-refractivity contribution >= 4 is 33.3 Å². The molecule has 1 aromatic rings. The summed E-state index contributed by atoms with van der Waals surface area (Å²) in [6.45, 7) is 3.42. The topological polar surface area (TPSA) is 71.5 Å². The number of hydrogen-bond acceptors (Lipinski definition) is 5. The number of aliphatic hydroxyl groups is 1. The minimum atomic E-state index is -2.87. The average Bonchev–Trinajstić information content (AvgIpc) is 2.45. The number of ether oxygens (including phenoxy) is 1. The van der Waals surface area contributed by atoms with Gasteiger partial charge in [-0.1, -0.05) is 0 Å². The normalized spacial score (nSPS) is 23.8. The van der Waals surface area contributed by atoms with Crippen LogP contribution in [0.15, 0.2) is 22.8 Å². The van der Waals surface area contributed by atoms with E-state index in [0.29, 0.717) is 17.3 Å². The molecule has 0 radical (unpaired) electrons. The first-order valence-corrected chi connectivity index (χ1v) is 8.32. The Morgan fingerprint density at radius 1 is 1.62 bits per heavy atom. The van der Waals surface area contributed by atoms with Crippen LogP contribution in [0.1, 0.15) is 32.3 Å². The maximum Gasteiger partial charge on any atom is 0.331 e. The third-order valence-corrected chi connectivity index (χ3v) is 4.11. The van der Waals surface area contributed by atoms with Crippen LogP contribution >= 0.6 is 15.9 Å². The number of carbonyl (C=O) groups is 1. The molecule has 0 aromatic carbocycles. The highest BCUT2D eigenvalue weighted by atomic mass is 79.9.